The van der Waals surface area contributed by atoms with E-state index >= 15 is 38.4 Å². The molecule has 25 N–H and O–H groups in total. The molecule has 3 aromatic carbocycles. The van der Waals surface area contributed by atoms with E-state index in [0.717, 1.165) is 26.5 Å². The molecule has 46 heteroatoms. The summed E-state index contributed by atoms with van der Waals surface area (Å²) in [7, 11) is 2.56. The molecule has 7 aromatic rings. The second kappa shape index (κ2) is 53.8. The van der Waals surface area contributed by atoms with Crippen molar-refractivity contribution in [3.63, 3.8) is 0 Å². The van der Waals surface area contributed by atoms with Gasteiger partial charge in [0.2, 0.25) is 100 Å². The third kappa shape index (κ3) is 32.2. The van der Waals surface area contributed by atoms with Crippen molar-refractivity contribution in [1.29, 1.82) is 5.41 Å². The summed E-state index contributed by atoms with van der Waals surface area (Å²) in [5.74, 6) is -19.1. The molecule has 0 aliphatic carbocycles. The van der Waals surface area contributed by atoms with E-state index in [1.54, 1.807) is 105 Å². The van der Waals surface area contributed by atoms with Crippen LogP contribution in [0.5, 0.6) is 0 Å². The molecular formula is C94H129N25O20S. The van der Waals surface area contributed by atoms with Crippen LogP contribution in [-0.4, -0.2) is 295 Å². The van der Waals surface area contributed by atoms with Crippen molar-refractivity contribution in [3.8, 4) is 0 Å². The van der Waals surface area contributed by atoms with Crippen LogP contribution < -0.4 is 91.6 Å². The van der Waals surface area contributed by atoms with Gasteiger partial charge in [0.1, 0.15) is 84.6 Å². The molecule has 45 nitrogen and oxygen atoms in total. The topological polar surface area (TPSA) is 681 Å². The first-order chi connectivity index (χ1) is 66.9. The standard InChI is InChI=1S/C94H129N25O20S/c1-8-10-26-62-81(126)107-63(29-19-34-101-94(97)98)82(127)116-72(80(125)104-47-77(96)122)49-140-50-78(123)106-68(39-54-22-13-12-14-23-54)91(136)117(6)53(5)79(124)113-70(43-76(95)121)93(138)119-36-20-31-74(119)89(134)112-67(42-57-46-99-51-105-57)86(131)110-65(38-52(3)4)84(129)108-64(33-35-100-90(135)75-32-21-37-139-75)83(128)111-66(40-55-44-102-60-27-17-15-24-58(55)60)85(130)115-71(48-120)87(132)114-69(41-56-45-103-61-28-18-16-25-59(56)61)92(137)118(7)73(30-11-9-2)88(133)109-62/h12-18,21-25,27-28,32,37,44-46,51-53,62-74,102-103,120H,8-11,19-20,26,29-31,33-36,38-43,47-50H2,1-7H3,(H2,95,121)(H2,96,122)(H,99,105)(H,100,135)(H,104,125)(H,106,123)(H,107,126)(H,108,129)(H,109,133)(H,110,131)(H,111,128)(H,112,134)(H,113,124)(H,114,132)(H,115,130)(H,116,127)(H4,97,98,101)/t53-,62-,63-,64-,65-,66-,67-,68-,69-,70-,71-,72-,73-,74-/m0/s1. The molecule has 2 fully saturated rings. The second-order valence-electron chi connectivity index (χ2n) is 35.1. The van der Waals surface area contributed by atoms with Crippen LogP contribution in [0.3, 0.4) is 0 Å². The molecule has 0 spiro atoms. The number of aliphatic hydroxyl groups is 1. The molecular weight excluding hydrogens is 1830 g/mol. The van der Waals surface area contributed by atoms with Gasteiger partial charge in [0, 0.05) is 111 Å². The van der Waals surface area contributed by atoms with Gasteiger partial charge < -0.3 is 131 Å². The molecule has 2 aliphatic rings. The number of nitrogens with two attached hydrogens (primary N) is 3. The minimum Gasteiger partial charge on any atom is -0.459 e. The van der Waals surface area contributed by atoms with Crippen molar-refractivity contribution < 1.29 is 95.8 Å². The Kier molecular flexibility index (Phi) is 41.9. The molecule has 14 atom stereocenters. The minimum atomic E-state index is -1.93. The maximum absolute atomic E-state index is 15.7. The van der Waals surface area contributed by atoms with Crippen molar-refractivity contribution in [2.45, 2.75) is 228 Å². The van der Waals surface area contributed by atoms with Crippen molar-refractivity contribution >= 4 is 146 Å². The summed E-state index contributed by atoms with van der Waals surface area (Å²) >= 11 is 0.782. The number of likely N-dealkylation sites (N-methyl/N-ethyl adjacent to an activating group) is 2. The van der Waals surface area contributed by atoms with Gasteiger partial charge in [0.05, 0.1) is 37.9 Å². The van der Waals surface area contributed by atoms with E-state index in [9.17, 15) is 53.1 Å². The molecule has 2 aliphatic heterocycles. The summed E-state index contributed by atoms with van der Waals surface area (Å²) in [6, 6.07) is 3.00. The normalized spacial score (nSPS) is 23.2. The predicted octanol–water partition coefficient (Wildman–Crippen LogP) is -2.04. The number of benzene rings is 3. The number of unbranched alkanes of at least 4 members (excludes halogenated alkanes) is 2. The van der Waals surface area contributed by atoms with Gasteiger partial charge in [-0.1, -0.05) is 120 Å². The van der Waals surface area contributed by atoms with E-state index in [0.29, 0.717) is 69.9 Å². The number of rotatable bonds is 30. The lowest BCUT2D eigenvalue weighted by atomic mass is 10.0. The maximum Gasteiger partial charge on any atom is 0.286 e. The zero-order valence-electron chi connectivity index (χ0n) is 79.3. The largest absolute Gasteiger partial charge is 0.459 e. The maximum atomic E-state index is 15.7. The lowest BCUT2D eigenvalue weighted by Gasteiger charge is -2.33. The molecule has 0 bridgehead atoms. The average Bonchev–Trinajstić information content (AvgIpc) is 1.04. The number of nitrogens with zero attached hydrogens (tertiary/aromatic N) is 4. The van der Waals surface area contributed by atoms with Crippen molar-refractivity contribution in [2.24, 2.45) is 23.1 Å². The van der Waals surface area contributed by atoms with E-state index in [4.69, 9.17) is 27.0 Å². The molecule has 0 radical (unpaired) electrons. The number of fused-ring (bicyclic) bond motifs is 3. The number of hydrogen-bond donors (Lipinski definition) is 22. The molecule has 18 amide bonds. The molecule has 6 heterocycles. The first-order valence-corrected chi connectivity index (χ1v) is 47.8. The van der Waals surface area contributed by atoms with E-state index in [1.165, 1.54) is 51.9 Å². The first kappa shape index (κ1) is 109. The molecule has 140 heavy (non-hydrogen) atoms. The Bertz CT molecular complexity index is 5480. The molecule has 4 aromatic heterocycles. The van der Waals surface area contributed by atoms with Gasteiger partial charge in [-0.3, -0.25) is 91.7 Å². The highest BCUT2D eigenvalue weighted by atomic mass is 32.2. The highest BCUT2D eigenvalue weighted by Gasteiger charge is 2.44. The lowest BCUT2D eigenvalue weighted by molar-refractivity contribution is -0.145. The summed E-state index contributed by atoms with van der Waals surface area (Å²) in [5.41, 5.74) is 19.8. The van der Waals surface area contributed by atoms with Crippen LogP contribution in [-0.2, 0) is 107 Å². The van der Waals surface area contributed by atoms with Crippen LogP contribution >= 0.6 is 11.8 Å². The summed E-state index contributed by atoms with van der Waals surface area (Å²) in [6.07, 6.45) is 6.07. The van der Waals surface area contributed by atoms with Gasteiger partial charge in [-0.15, -0.1) is 11.8 Å². The average molecular weight is 1960 g/mol. The smallest absolute Gasteiger partial charge is 0.286 e. The number of H-pyrrole nitrogens is 3. The highest BCUT2D eigenvalue weighted by molar-refractivity contribution is 8.00. The Labute approximate surface area is 812 Å². The Morgan fingerprint density at radius 2 is 1.06 bits per heavy atom. The van der Waals surface area contributed by atoms with Crippen molar-refractivity contribution in [2.75, 3.05) is 58.4 Å². The zero-order valence-corrected chi connectivity index (χ0v) is 80.1. The summed E-state index contributed by atoms with van der Waals surface area (Å²) in [5, 5.41) is 57.5. The Balaban J connectivity index is 1.11. The van der Waals surface area contributed by atoms with Gasteiger partial charge >= 0.3 is 0 Å². The van der Waals surface area contributed by atoms with E-state index in [-0.39, 0.29) is 96.0 Å². The number of para-hydroxylation sites is 2. The molecule has 0 saturated carbocycles. The van der Waals surface area contributed by atoms with Crippen LogP contribution in [0.4, 0.5) is 0 Å². The number of thioether (sulfide) groups is 1. The van der Waals surface area contributed by atoms with Gasteiger partial charge in [0.15, 0.2) is 11.7 Å². The molecule has 9 rings (SSSR count). The predicted molar refractivity (Wildman–Crippen MR) is 515 cm³/mol. The van der Waals surface area contributed by atoms with E-state index in [1.807, 2.05) is 13.8 Å². The Morgan fingerprint density at radius 3 is 1.66 bits per heavy atom. The molecule has 2 saturated heterocycles. The number of amides is 18. The fourth-order valence-electron chi connectivity index (χ4n) is 16.3. The molecule has 0 unspecified atom stereocenters. The third-order valence-corrected chi connectivity index (χ3v) is 25.1. The van der Waals surface area contributed by atoms with Crippen LogP contribution in [0.2, 0.25) is 0 Å². The second-order valence-corrected chi connectivity index (χ2v) is 36.1. The Hall–Kier alpha value is -14.7. The van der Waals surface area contributed by atoms with Gasteiger partial charge in [0.25, 0.3) is 5.91 Å². The fraction of sp³-hybridized carbons (Fsp3) is 0.489. The SMILES string of the molecule is CCCC[C@@H]1NC(=O)[C@H](CCCC)N(C)C(=O)[C@H](Cc2c[nH]c3ccccc23)NC(=O)[C@H](CO)NC(=O)[C@H](Cc2c[nH]c3ccccc23)NC(=O)[C@H](CCNC(=O)c2ccco2)NC(=O)[C@H](CC(C)C)NC(=O)[C@H](Cc2cnc[nH]2)NC(=O)[C@@H]2CCCN2C(=O)[C@H](CC(N)=O)NC(=O)[C@H](C)N(C)C(=O)[C@H](Cc2ccccc2)NC(=O)CSC[C@@H](C(=O)NCC(N)=O)NC(=O)[C@H](CCCNC(=N)N)NC1=O. The van der Waals surface area contributed by atoms with Gasteiger partial charge in [-0.05, 0) is 105 Å². The van der Waals surface area contributed by atoms with E-state index < -0.39 is 240 Å². The number of carbonyl (C=O) groups is 18. The Morgan fingerprint density at radius 1 is 0.529 bits per heavy atom. The number of imidazole rings is 1. The number of hydrogen-bond acceptors (Lipinski definition) is 23. The van der Waals surface area contributed by atoms with Crippen molar-refractivity contribution in [3.05, 3.63) is 150 Å². The number of carbonyl (C=O) groups excluding carboxylic acids is 18. The first-order valence-electron chi connectivity index (χ1n) is 46.7. The number of aromatic amines is 3. The number of guanidine groups is 1. The number of nitrogens with one attached hydrogen (secondary N) is 18. The van der Waals surface area contributed by atoms with Crippen LogP contribution in [0, 0.1) is 11.3 Å². The number of primary amides is 2. The number of aromatic nitrogens is 4. The monoisotopic (exact) mass is 1960 g/mol. The molecule has 756 valence electrons. The summed E-state index contributed by atoms with van der Waals surface area (Å²) in [4.78, 5) is 280. The number of aliphatic hydroxyl groups excluding tert-OH is 1. The number of furan rings is 1. The fourth-order valence-corrected chi connectivity index (χ4v) is 17.2. The third-order valence-electron chi connectivity index (χ3n) is 24.0. The van der Waals surface area contributed by atoms with Gasteiger partial charge in [-0.25, -0.2) is 4.98 Å². The lowest BCUT2D eigenvalue weighted by Crippen LogP contribution is -2.62. The van der Waals surface area contributed by atoms with Crippen LogP contribution in [0.15, 0.2) is 127 Å². The quantitative estimate of drug-likeness (QED) is 0.0131. The highest BCUT2D eigenvalue weighted by Crippen LogP contribution is 2.26. The van der Waals surface area contributed by atoms with Crippen LogP contribution in [0.25, 0.3) is 21.8 Å². The summed E-state index contributed by atoms with van der Waals surface area (Å²) in [6.45, 7) is 6.05. The van der Waals surface area contributed by atoms with Gasteiger partial charge in [-0.2, -0.15) is 0 Å². The van der Waals surface area contributed by atoms with E-state index in [2.05, 4.69) is 94.4 Å². The minimum absolute atomic E-state index is 0.0139. The van der Waals surface area contributed by atoms with Crippen molar-refractivity contribution in [1.82, 2.24) is 109 Å². The van der Waals surface area contributed by atoms with Crippen LogP contribution in [0.1, 0.15) is 151 Å². The summed E-state index contributed by atoms with van der Waals surface area (Å²) < 4.78 is 5.31. The zero-order chi connectivity index (χ0) is 102.